The number of H-pyrrole nitrogens is 1. The van der Waals surface area contributed by atoms with Gasteiger partial charge in [0, 0.05) is 23.9 Å². The molecule has 10 heteroatoms. The zero-order valence-corrected chi connectivity index (χ0v) is 15.1. The molecule has 2 aromatic heterocycles. The Morgan fingerprint density at radius 3 is 3.00 bits per heavy atom. The molecule has 0 bridgehead atoms. The van der Waals surface area contributed by atoms with Crippen LogP contribution >= 0.6 is 23.4 Å². The number of aromatic amines is 1. The maximum atomic E-state index is 12.2. The third kappa shape index (κ3) is 3.68. The van der Waals surface area contributed by atoms with Gasteiger partial charge in [-0.25, -0.2) is 9.97 Å². The van der Waals surface area contributed by atoms with Gasteiger partial charge in [-0.3, -0.25) is 4.79 Å². The first-order chi connectivity index (χ1) is 12.7. The number of imidazole rings is 1. The van der Waals surface area contributed by atoms with Crippen molar-refractivity contribution in [2.45, 2.75) is 11.4 Å². The fourth-order valence-electron chi connectivity index (χ4n) is 2.47. The van der Waals surface area contributed by atoms with E-state index < -0.39 is 0 Å². The van der Waals surface area contributed by atoms with Crippen LogP contribution in [0, 0.1) is 0 Å². The predicted molar refractivity (Wildman–Crippen MR) is 98.1 cm³/mol. The van der Waals surface area contributed by atoms with E-state index in [-0.39, 0.29) is 11.2 Å². The molecule has 3 heterocycles. The van der Waals surface area contributed by atoms with Gasteiger partial charge in [-0.1, -0.05) is 0 Å². The van der Waals surface area contributed by atoms with Gasteiger partial charge in [0.25, 0.3) is 0 Å². The smallest absolute Gasteiger partial charge is 0.225 e. The van der Waals surface area contributed by atoms with Gasteiger partial charge in [0.1, 0.15) is 23.8 Å². The van der Waals surface area contributed by atoms with Crippen LogP contribution in [-0.2, 0) is 4.79 Å². The predicted octanol–water partition coefficient (Wildman–Crippen LogP) is 2.90. The van der Waals surface area contributed by atoms with E-state index >= 15 is 0 Å². The van der Waals surface area contributed by atoms with Crippen molar-refractivity contribution >= 4 is 46.1 Å². The number of benzene rings is 1. The van der Waals surface area contributed by atoms with Crippen LogP contribution in [-0.4, -0.2) is 44.8 Å². The van der Waals surface area contributed by atoms with E-state index in [1.54, 1.807) is 18.2 Å². The molecule has 134 valence electrons. The summed E-state index contributed by atoms with van der Waals surface area (Å²) >= 11 is 7.31. The van der Waals surface area contributed by atoms with Crippen LogP contribution in [0.4, 0.5) is 5.69 Å². The Kier molecular flexibility index (Phi) is 4.81. The molecule has 0 aliphatic carbocycles. The fraction of sp³-hybridized carbons (Fsp3) is 0.250. The molecule has 26 heavy (non-hydrogen) atoms. The molecule has 0 saturated carbocycles. The number of hydrogen-bond acceptors (Lipinski definition) is 7. The van der Waals surface area contributed by atoms with Crippen LogP contribution in [0.1, 0.15) is 6.42 Å². The molecule has 0 unspecified atom stereocenters. The number of anilines is 1. The number of nitrogens with one attached hydrogen (secondary N) is 2. The monoisotopic (exact) mass is 391 g/mol. The Labute approximate surface area is 157 Å². The Balaban J connectivity index is 1.35. The van der Waals surface area contributed by atoms with Crippen molar-refractivity contribution < 1.29 is 14.3 Å². The Morgan fingerprint density at radius 1 is 1.27 bits per heavy atom. The number of aromatic nitrogens is 4. The van der Waals surface area contributed by atoms with Gasteiger partial charge in [0.2, 0.25) is 11.2 Å². The molecular formula is C16H14ClN5O3S. The minimum Gasteiger partial charge on any atom is -0.486 e. The van der Waals surface area contributed by atoms with Gasteiger partial charge in [0.05, 0.1) is 6.33 Å². The van der Waals surface area contributed by atoms with Crippen molar-refractivity contribution in [3.63, 3.8) is 0 Å². The molecule has 1 amide bonds. The number of halogens is 1. The van der Waals surface area contributed by atoms with Crippen LogP contribution < -0.4 is 14.8 Å². The minimum atomic E-state index is -0.102. The summed E-state index contributed by atoms with van der Waals surface area (Å²) < 4.78 is 11.0. The van der Waals surface area contributed by atoms with Gasteiger partial charge in [0.15, 0.2) is 17.1 Å². The molecule has 8 nitrogen and oxygen atoms in total. The summed E-state index contributed by atoms with van der Waals surface area (Å²) in [7, 11) is 0. The van der Waals surface area contributed by atoms with Crippen LogP contribution in [0.15, 0.2) is 29.6 Å². The number of thioether (sulfide) groups is 1. The molecule has 0 atom stereocenters. The summed E-state index contributed by atoms with van der Waals surface area (Å²) in [6, 6.07) is 5.34. The van der Waals surface area contributed by atoms with E-state index in [9.17, 15) is 4.79 Å². The highest BCUT2D eigenvalue weighted by atomic mass is 35.5. The van der Waals surface area contributed by atoms with Crippen molar-refractivity contribution in [1.82, 2.24) is 19.9 Å². The summed E-state index contributed by atoms with van der Waals surface area (Å²) in [6.07, 6.45) is 1.85. The molecule has 1 aliphatic heterocycles. The number of carbonyl (C=O) groups excluding carboxylic acids is 1. The lowest BCUT2D eigenvalue weighted by molar-refractivity contribution is -0.115. The lowest BCUT2D eigenvalue weighted by atomic mass is 10.2. The van der Waals surface area contributed by atoms with E-state index in [0.717, 1.165) is 0 Å². The van der Waals surface area contributed by atoms with E-state index in [1.807, 2.05) is 0 Å². The van der Waals surface area contributed by atoms with Gasteiger partial charge in [-0.05, 0) is 23.7 Å². The number of amides is 1. The second-order valence-electron chi connectivity index (χ2n) is 5.40. The minimum absolute atomic E-state index is 0.102. The molecule has 3 aromatic rings. The normalized spacial score (nSPS) is 13.0. The molecule has 0 spiro atoms. The number of fused-ring (bicyclic) bond motifs is 2. The first-order valence-corrected chi connectivity index (χ1v) is 9.24. The van der Waals surface area contributed by atoms with E-state index in [2.05, 4.69) is 25.3 Å². The molecule has 0 radical (unpaired) electrons. The van der Waals surface area contributed by atoms with Gasteiger partial charge in [-0.15, -0.1) is 11.8 Å². The molecule has 0 fully saturated rings. The summed E-state index contributed by atoms with van der Waals surface area (Å²) in [5.74, 6) is 1.77. The van der Waals surface area contributed by atoms with Crippen LogP contribution in [0.5, 0.6) is 11.5 Å². The maximum absolute atomic E-state index is 12.2. The van der Waals surface area contributed by atoms with Crippen molar-refractivity contribution in [2.24, 2.45) is 0 Å². The average molecular weight is 392 g/mol. The zero-order valence-electron chi connectivity index (χ0n) is 13.5. The highest BCUT2D eigenvalue weighted by Gasteiger charge is 2.14. The van der Waals surface area contributed by atoms with Crippen molar-refractivity contribution in [3.8, 4) is 11.5 Å². The Morgan fingerprint density at radius 2 is 2.12 bits per heavy atom. The fourth-order valence-corrected chi connectivity index (χ4v) is 3.61. The second-order valence-corrected chi connectivity index (χ2v) is 6.83. The molecule has 1 aromatic carbocycles. The molecule has 1 aliphatic rings. The first kappa shape index (κ1) is 16.9. The highest BCUT2D eigenvalue weighted by Crippen LogP contribution is 2.32. The SMILES string of the molecule is O=C(CCSc1nc(Cl)nc2nc[nH]c12)Nc1ccc2c(c1)OCCO2. The van der Waals surface area contributed by atoms with Crippen molar-refractivity contribution in [1.29, 1.82) is 0 Å². The molecule has 4 rings (SSSR count). The summed E-state index contributed by atoms with van der Waals surface area (Å²) in [4.78, 5) is 27.4. The highest BCUT2D eigenvalue weighted by molar-refractivity contribution is 7.99. The largest absolute Gasteiger partial charge is 0.486 e. The lowest BCUT2D eigenvalue weighted by Gasteiger charge is -2.19. The number of hydrogen-bond donors (Lipinski definition) is 2. The summed E-state index contributed by atoms with van der Waals surface area (Å²) in [6.45, 7) is 1.04. The average Bonchev–Trinajstić information content (AvgIpc) is 3.10. The van der Waals surface area contributed by atoms with E-state index in [1.165, 1.54) is 18.1 Å². The van der Waals surface area contributed by atoms with Gasteiger partial charge < -0.3 is 19.8 Å². The number of carbonyl (C=O) groups is 1. The van der Waals surface area contributed by atoms with Crippen molar-refractivity contribution in [2.75, 3.05) is 24.3 Å². The molecule has 0 saturated heterocycles. The summed E-state index contributed by atoms with van der Waals surface area (Å²) in [5.41, 5.74) is 1.89. The van der Waals surface area contributed by atoms with Gasteiger partial charge >= 0.3 is 0 Å². The quantitative estimate of drug-likeness (QED) is 0.391. The van der Waals surface area contributed by atoms with E-state index in [4.69, 9.17) is 21.1 Å². The second kappa shape index (κ2) is 7.38. The van der Waals surface area contributed by atoms with Gasteiger partial charge in [-0.2, -0.15) is 4.98 Å². The number of rotatable bonds is 5. The standard InChI is InChI=1S/C16H14ClN5O3S/c17-16-21-14-13(18-8-19-14)15(22-16)26-6-3-12(23)20-9-1-2-10-11(7-9)25-5-4-24-10/h1-2,7-8H,3-6H2,(H,20,23)(H,18,19,21,22). The third-order valence-electron chi connectivity index (χ3n) is 3.62. The number of ether oxygens (including phenoxy) is 2. The first-order valence-electron chi connectivity index (χ1n) is 7.88. The van der Waals surface area contributed by atoms with Crippen LogP contribution in [0.3, 0.4) is 0 Å². The molecular weight excluding hydrogens is 378 g/mol. The Bertz CT molecular complexity index is 964. The molecule has 2 N–H and O–H groups in total. The number of nitrogens with zero attached hydrogens (tertiary/aromatic N) is 3. The maximum Gasteiger partial charge on any atom is 0.225 e. The van der Waals surface area contributed by atoms with Crippen LogP contribution in [0.25, 0.3) is 11.2 Å². The zero-order chi connectivity index (χ0) is 17.9. The summed E-state index contributed by atoms with van der Waals surface area (Å²) in [5, 5.41) is 3.66. The van der Waals surface area contributed by atoms with Crippen molar-refractivity contribution in [3.05, 3.63) is 29.8 Å². The van der Waals surface area contributed by atoms with Crippen LogP contribution in [0.2, 0.25) is 5.28 Å². The third-order valence-corrected chi connectivity index (χ3v) is 4.77. The lowest BCUT2D eigenvalue weighted by Crippen LogP contribution is -2.16. The Hall–Kier alpha value is -2.52. The van der Waals surface area contributed by atoms with E-state index in [0.29, 0.717) is 58.8 Å². The topological polar surface area (TPSA) is 102 Å².